The molecular formula is C18H24N2O2. The van der Waals surface area contributed by atoms with Crippen molar-refractivity contribution in [1.29, 1.82) is 0 Å². The van der Waals surface area contributed by atoms with E-state index < -0.39 is 0 Å². The van der Waals surface area contributed by atoms with E-state index in [0.29, 0.717) is 17.7 Å². The summed E-state index contributed by atoms with van der Waals surface area (Å²) in [7, 11) is 0. The average molecular weight is 300 g/mol. The molecule has 1 aliphatic heterocycles. The van der Waals surface area contributed by atoms with Gasteiger partial charge in [-0.15, -0.1) is 0 Å². The van der Waals surface area contributed by atoms with Crippen molar-refractivity contribution in [2.24, 2.45) is 0 Å². The van der Waals surface area contributed by atoms with Crippen LogP contribution in [-0.4, -0.2) is 29.3 Å². The van der Waals surface area contributed by atoms with Crippen LogP contribution in [0.25, 0.3) is 0 Å². The Morgan fingerprint density at radius 3 is 2.77 bits per heavy atom. The Hall–Kier alpha value is -1.84. The van der Waals surface area contributed by atoms with Crippen LogP contribution in [0.3, 0.4) is 0 Å². The zero-order valence-corrected chi connectivity index (χ0v) is 13.2. The van der Waals surface area contributed by atoms with Gasteiger partial charge in [-0.1, -0.05) is 38.3 Å². The second-order valence-electron chi connectivity index (χ2n) is 6.37. The van der Waals surface area contributed by atoms with E-state index in [0.717, 1.165) is 31.4 Å². The number of fused-ring (bicyclic) bond motifs is 1. The number of benzene rings is 1. The lowest BCUT2D eigenvalue weighted by molar-refractivity contribution is 0.0772. The highest BCUT2D eigenvalue weighted by atomic mass is 16.2. The lowest BCUT2D eigenvalue weighted by Crippen LogP contribution is -2.37. The molecule has 1 N–H and O–H groups in total. The predicted octanol–water partition coefficient (Wildman–Crippen LogP) is 3.11. The summed E-state index contributed by atoms with van der Waals surface area (Å²) < 4.78 is 0. The third-order valence-electron chi connectivity index (χ3n) is 4.69. The predicted molar refractivity (Wildman–Crippen MR) is 85.8 cm³/mol. The average Bonchev–Trinajstić information content (AvgIpc) is 2.85. The van der Waals surface area contributed by atoms with Gasteiger partial charge in [0.25, 0.3) is 11.8 Å². The molecule has 22 heavy (non-hydrogen) atoms. The van der Waals surface area contributed by atoms with Crippen LogP contribution in [0.1, 0.15) is 71.7 Å². The van der Waals surface area contributed by atoms with E-state index in [-0.39, 0.29) is 17.9 Å². The molecule has 4 heteroatoms. The third kappa shape index (κ3) is 2.87. The summed E-state index contributed by atoms with van der Waals surface area (Å²) in [4.78, 5) is 27.0. The number of amides is 2. The Morgan fingerprint density at radius 1 is 1.27 bits per heavy atom. The number of hydrogen-bond acceptors (Lipinski definition) is 2. The van der Waals surface area contributed by atoms with E-state index in [1.165, 1.54) is 19.3 Å². The van der Waals surface area contributed by atoms with Crippen LogP contribution in [0, 0.1) is 0 Å². The van der Waals surface area contributed by atoms with Crippen molar-refractivity contribution >= 4 is 11.8 Å². The molecule has 1 aromatic carbocycles. The maximum atomic E-state index is 12.6. The first-order valence-electron chi connectivity index (χ1n) is 8.42. The Bertz CT molecular complexity index is 576. The van der Waals surface area contributed by atoms with E-state index in [1.807, 2.05) is 17.0 Å². The maximum Gasteiger partial charge on any atom is 0.255 e. The van der Waals surface area contributed by atoms with Crippen LogP contribution in [0.4, 0.5) is 0 Å². The van der Waals surface area contributed by atoms with Gasteiger partial charge in [-0.25, -0.2) is 0 Å². The van der Waals surface area contributed by atoms with Crippen LogP contribution < -0.4 is 5.32 Å². The SMILES string of the molecule is CCCN1Cc2cccc(C(=O)NC3CCCCC3)c2C1=O. The Labute approximate surface area is 131 Å². The van der Waals surface area contributed by atoms with Crippen molar-refractivity contribution in [2.45, 2.75) is 58.0 Å². The molecule has 1 fully saturated rings. The molecule has 0 unspecified atom stereocenters. The van der Waals surface area contributed by atoms with Gasteiger partial charge in [0.2, 0.25) is 0 Å². The van der Waals surface area contributed by atoms with Gasteiger partial charge in [-0.05, 0) is 30.9 Å². The fourth-order valence-electron chi connectivity index (χ4n) is 3.57. The van der Waals surface area contributed by atoms with Crippen molar-refractivity contribution in [3.05, 3.63) is 34.9 Å². The largest absolute Gasteiger partial charge is 0.349 e. The zero-order valence-electron chi connectivity index (χ0n) is 13.2. The third-order valence-corrected chi connectivity index (χ3v) is 4.69. The molecular weight excluding hydrogens is 276 g/mol. The molecule has 0 radical (unpaired) electrons. The molecule has 0 saturated heterocycles. The molecule has 2 aliphatic rings. The minimum absolute atomic E-state index is 0.00578. The highest BCUT2D eigenvalue weighted by Crippen LogP contribution is 2.27. The van der Waals surface area contributed by atoms with Crippen LogP contribution >= 0.6 is 0 Å². The Kier molecular flexibility index (Phi) is 4.46. The molecule has 0 bridgehead atoms. The molecule has 0 spiro atoms. The molecule has 1 aliphatic carbocycles. The maximum absolute atomic E-state index is 12.6. The number of carbonyl (C=O) groups excluding carboxylic acids is 2. The first-order valence-corrected chi connectivity index (χ1v) is 8.42. The van der Waals surface area contributed by atoms with Crippen LogP contribution in [0.15, 0.2) is 18.2 Å². The molecule has 1 heterocycles. The highest BCUT2D eigenvalue weighted by Gasteiger charge is 2.31. The van der Waals surface area contributed by atoms with Crippen LogP contribution in [0.5, 0.6) is 0 Å². The topological polar surface area (TPSA) is 49.4 Å². The first-order chi connectivity index (χ1) is 10.7. The fourth-order valence-corrected chi connectivity index (χ4v) is 3.57. The smallest absolute Gasteiger partial charge is 0.255 e. The Balaban J connectivity index is 1.79. The first kappa shape index (κ1) is 15.1. The number of nitrogens with zero attached hydrogens (tertiary/aromatic N) is 1. The van der Waals surface area contributed by atoms with Gasteiger partial charge < -0.3 is 10.2 Å². The van der Waals surface area contributed by atoms with Gasteiger partial charge in [-0.3, -0.25) is 9.59 Å². The lowest BCUT2D eigenvalue weighted by Gasteiger charge is -2.23. The van der Waals surface area contributed by atoms with Crippen molar-refractivity contribution in [2.75, 3.05) is 6.54 Å². The number of hydrogen-bond donors (Lipinski definition) is 1. The van der Waals surface area contributed by atoms with Gasteiger partial charge in [0.1, 0.15) is 0 Å². The molecule has 4 nitrogen and oxygen atoms in total. The van der Waals surface area contributed by atoms with Crippen molar-refractivity contribution in [3.63, 3.8) is 0 Å². The number of rotatable bonds is 4. The number of nitrogens with one attached hydrogen (secondary N) is 1. The van der Waals surface area contributed by atoms with Crippen molar-refractivity contribution < 1.29 is 9.59 Å². The van der Waals surface area contributed by atoms with Gasteiger partial charge in [-0.2, -0.15) is 0 Å². The highest BCUT2D eigenvalue weighted by molar-refractivity contribution is 6.09. The second kappa shape index (κ2) is 6.51. The molecule has 1 aromatic rings. The minimum Gasteiger partial charge on any atom is -0.349 e. The summed E-state index contributed by atoms with van der Waals surface area (Å²) >= 11 is 0. The van der Waals surface area contributed by atoms with E-state index in [9.17, 15) is 9.59 Å². The van der Waals surface area contributed by atoms with E-state index in [1.54, 1.807) is 6.07 Å². The van der Waals surface area contributed by atoms with Crippen molar-refractivity contribution in [3.8, 4) is 0 Å². The van der Waals surface area contributed by atoms with Gasteiger partial charge >= 0.3 is 0 Å². The molecule has 1 saturated carbocycles. The second-order valence-corrected chi connectivity index (χ2v) is 6.37. The summed E-state index contributed by atoms with van der Waals surface area (Å²) in [5.74, 6) is -0.0818. The molecule has 0 aromatic heterocycles. The van der Waals surface area contributed by atoms with E-state index in [2.05, 4.69) is 12.2 Å². The minimum atomic E-state index is -0.0875. The number of carbonyl (C=O) groups is 2. The zero-order chi connectivity index (χ0) is 15.5. The fraction of sp³-hybridized carbons (Fsp3) is 0.556. The van der Waals surface area contributed by atoms with Gasteiger partial charge in [0.05, 0.1) is 11.1 Å². The van der Waals surface area contributed by atoms with Crippen molar-refractivity contribution in [1.82, 2.24) is 10.2 Å². The van der Waals surface area contributed by atoms with Gasteiger partial charge in [0.15, 0.2) is 0 Å². The van der Waals surface area contributed by atoms with Crippen LogP contribution in [0.2, 0.25) is 0 Å². The lowest BCUT2D eigenvalue weighted by atomic mass is 9.94. The Morgan fingerprint density at radius 2 is 2.05 bits per heavy atom. The monoisotopic (exact) mass is 300 g/mol. The molecule has 118 valence electrons. The summed E-state index contributed by atoms with van der Waals surface area (Å²) in [6.07, 6.45) is 6.66. The summed E-state index contributed by atoms with van der Waals surface area (Å²) in [6, 6.07) is 5.89. The van der Waals surface area contributed by atoms with E-state index >= 15 is 0 Å². The summed E-state index contributed by atoms with van der Waals surface area (Å²) in [6.45, 7) is 3.44. The molecule has 3 rings (SSSR count). The van der Waals surface area contributed by atoms with Crippen LogP contribution in [-0.2, 0) is 6.54 Å². The normalized spacial score (nSPS) is 18.4. The molecule has 0 atom stereocenters. The standard InChI is InChI=1S/C18H24N2O2/c1-2-11-20-12-13-7-6-10-15(16(13)18(20)22)17(21)19-14-8-4-3-5-9-14/h6-7,10,14H,2-5,8-9,11-12H2,1H3,(H,19,21). The summed E-state index contributed by atoms with van der Waals surface area (Å²) in [5, 5.41) is 3.12. The van der Waals surface area contributed by atoms with E-state index in [4.69, 9.17) is 0 Å². The summed E-state index contributed by atoms with van der Waals surface area (Å²) in [5.41, 5.74) is 2.14. The quantitative estimate of drug-likeness (QED) is 0.929. The molecule has 2 amide bonds. The van der Waals surface area contributed by atoms with Gasteiger partial charge in [0, 0.05) is 19.1 Å².